The average molecular weight is 428 g/mol. The largest absolute Gasteiger partial charge is 0.453 e. The second kappa shape index (κ2) is 8.01. The second-order valence-electron chi connectivity index (χ2n) is 6.77. The topological polar surface area (TPSA) is 58.8 Å². The Bertz CT molecular complexity index is 1020. The Hall–Kier alpha value is -3.02. The van der Waals surface area contributed by atoms with E-state index in [0.29, 0.717) is 43.1 Å². The van der Waals surface area contributed by atoms with Gasteiger partial charge in [0.2, 0.25) is 0 Å². The summed E-state index contributed by atoms with van der Waals surface area (Å²) in [5, 5.41) is 10.7. The molecule has 0 N–H and O–H groups in total. The number of aromatic nitrogens is 4. The van der Waals surface area contributed by atoms with E-state index in [4.69, 9.17) is 0 Å². The Kier molecular flexibility index (Phi) is 5.41. The lowest BCUT2D eigenvalue weighted by molar-refractivity contribution is -0.146. The van der Waals surface area contributed by atoms with E-state index in [-0.39, 0.29) is 11.4 Å². The van der Waals surface area contributed by atoms with Gasteiger partial charge in [0.05, 0.1) is 0 Å². The highest BCUT2D eigenvalue weighted by Crippen LogP contribution is 2.28. The summed E-state index contributed by atoms with van der Waals surface area (Å²) in [6, 6.07) is 9.58. The van der Waals surface area contributed by atoms with Gasteiger partial charge in [-0.3, -0.25) is 4.90 Å². The number of piperazine rings is 1. The van der Waals surface area contributed by atoms with E-state index in [0.717, 1.165) is 5.56 Å². The van der Waals surface area contributed by atoms with E-state index in [1.165, 1.54) is 12.1 Å². The van der Waals surface area contributed by atoms with E-state index < -0.39 is 18.6 Å². The molecular formula is C18H17F5N6O. The molecule has 1 aliphatic rings. The smallest absolute Gasteiger partial charge is 0.435 e. The number of benzene rings is 1. The van der Waals surface area contributed by atoms with Crippen LogP contribution in [0, 0.1) is 0 Å². The lowest BCUT2D eigenvalue weighted by atomic mass is 10.2. The SMILES string of the molecule is FC(F)Oc1cccc(CN2CCN(c3ccc4nnc(C(F)(F)F)n4n3)CC2)c1. The predicted octanol–water partition coefficient (Wildman–Crippen LogP) is 3.07. The number of nitrogens with zero attached hydrogens (tertiary/aromatic N) is 6. The molecular weight excluding hydrogens is 411 g/mol. The molecule has 0 amide bonds. The zero-order valence-corrected chi connectivity index (χ0v) is 15.6. The Balaban J connectivity index is 1.41. The normalized spacial score (nSPS) is 15.9. The number of fused-ring (bicyclic) bond motifs is 1. The van der Waals surface area contributed by atoms with Gasteiger partial charge in [0.25, 0.3) is 5.82 Å². The molecule has 2 aromatic heterocycles. The first-order valence-electron chi connectivity index (χ1n) is 9.10. The van der Waals surface area contributed by atoms with Crippen LogP contribution in [0.25, 0.3) is 5.65 Å². The minimum absolute atomic E-state index is 0.0237. The molecule has 30 heavy (non-hydrogen) atoms. The number of hydrogen-bond donors (Lipinski definition) is 0. The maximum Gasteiger partial charge on any atom is 0.453 e. The number of rotatable bonds is 5. The number of ether oxygens (including phenoxy) is 1. The van der Waals surface area contributed by atoms with Crippen LogP contribution in [-0.2, 0) is 12.7 Å². The summed E-state index contributed by atoms with van der Waals surface area (Å²) in [4.78, 5) is 4.00. The van der Waals surface area contributed by atoms with Crippen molar-refractivity contribution in [2.24, 2.45) is 0 Å². The predicted molar refractivity (Wildman–Crippen MR) is 96.3 cm³/mol. The summed E-state index contributed by atoms with van der Waals surface area (Å²) in [5.41, 5.74) is 0.857. The van der Waals surface area contributed by atoms with E-state index >= 15 is 0 Å². The van der Waals surface area contributed by atoms with Crippen LogP contribution in [0.3, 0.4) is 0 Å². The van der Waals surface area contributed by atoms with Crippen molar-refractivity contribution in [2.75, 3.05) is 31.1 Å². The van der Waals surface area contributed by atoms with Gasteiger partial charge in [-0.25, -0.2) is 0 Å². The first-order valence-corrected chi connectivity index (χ1v) is 9.10. The maximum absolute atomic E-state index is 13.0. The van der Waals surface area contributed by atoms with E-state index in [9.17, 15) is 22.0 Å². The molecule has 1 aliphatic heterocycles. The Morgan fingerprint density at radius 3 is 2.47 bits per heavy atom. The van der Waals surface area contributed by atoms with Crippen LogP contribution in [0.4, 0.5) is 27.8 Å². The van der Waals surface area contributed by atoms with Crippen LogP contribution >= 0.6 is 0 Å². The number of alkyl halides is 5. The lowest BCUT2D eigenvalue weighted by Gasteiger charge is -2.35. The van der Waals surface area contributed by atoms with Crippen molar-refractivity contribution in [3.05, 3.63) is 47.8 Å². The molecule has 3 aromatic rings. The molecule has 1 saturated heterocycles. The Morgan fingerprint density at radius 1 is 1.00 bits per heavy atom. The summed E-state index contributed by atoms with van der Waals surface area (Å²) in [7, 11) is 0. The average Bonchev–Trinajstić information content (AvgIpc) is 3.12. The van der Waals surface area contributed by atoms with E-state index in [1.807, 2.05) is 11.0 Å². The van der Waals surface area contributed by atoms with Crippen molar-refractivity contribution in [1.82, 2.24) is 24.7 Å². The summed E-state index contributed by atoms with van der Waals surface area (Å²) in [6.45, 7) is 0.0358. The summed E-state index contributed by atoms with van der Waals surface area (Å²) >= 11 is 0. The summed E-state index contributed by atoms with van der Waals surface area (Å²) in [5.74, 6) is -0.656. The van der Waals surface area contributed by atoms with Gasteiger partial charge in [0, 0.05) is 32.7 Å². The van der Waals surface area contributed by atoms with Crippen molar-refractivity contribution in [3.63, 3.8) is 0 Å². The third-order valence-electron chi connectivity index (χ3n) is 4.73. The van der Waals surface area contributed by atoms with Crippen LogP contribution in [0.15, 0.2) is 36.4 Å². The molecule has 1 aromatic carbocycles. The third kappa shape index (κ3) is 4.42. The van der Waals surface area contributed by atoms with Crippen LogP contribution < -0.4 is 9.64 Å². The molecule has 0 unspecified atom stereocenters. The van der Waals surface area contributed by atoms with Crippen molar-refractivity contribution >= 4 is 11.5 Å². The molecule has 0 spiro atoms. The van der Waals surface area contributed by atoms with Gasteiger partial charge >= 0.3 is 12.8 Å². The fraction of sp³-hybridized carbons (Fsp3) is 0.389. The monoisotopic (exact) mass is 428 g/mol. The van der Waals surface area contributed by atoms with Crippen LogP contribution in [-0.4, -0.2) is 57.5 Å². The van der Waals surface area contributed by atoms with Crippen molar-refractivity contribution < 1.29 is 26.7 Å². The zero-order valence-electron chi connectivity index (χ0n) is 15.6. The maximum atomic E-state index is 13.0. The van der Waals surface area contributed by atoms with E-state index in [2.05, 4.69) is 24.9 Å². The molecule has 160 valence electrons. The fourth-order valence-corrected chi connectivity index (χ4v) is 3.34. The Morgan fingerprint density at radius 2 is 1.77 bits per heavy atom. The fourth-order valence-electron chi connectivity index (χ4n) is 3.34. The minimum Gasteiger partial charge on any atom is -0.435 e. The van der Waals surface area contributed by atoms with Gasteiger partial charge in [-0.1, -0.05) is 12.1 Å². The van der Waals surface area contributed by atoms with Gasteiger partial charge in [0.1, 0.15) is 11.6 Å². The minimum atomic E-state index is -4.65. The molecule has 4 rings (SSSR count). The third-order valence-corrected chi connectivity index (χ3v) is 4.73. The molecule has 0 aliphatic carbocycles. The molecule has 12 heteroatoms. The van der Waals surface area contributed by atoms with Gasteiger partial charge in [0.15, 0.2) is 5.65 Å². The highest BCUT2D eigenvalue weighted by Gasteiger charge is 2.37. The standard InChI is InChI=1S/C18H17F5N6O/c19-17(20)30-13-3-1-2-12(10-13)11-27-6-8-28(9-7-27)15-5-4-14-24-25-16(18(21,22)23)29(14)26-15/h1-5,10,17H,6-9,11H2. The lowest BCUT2D eigenvalue weighted by Crippen LogP contribution is -2.46. The molecule has 0 saturated carbocycles. The number of halogens is 5. The van der Waals surface area contributed by atoms with Crippen LogP contribution in [0.2, 0.25) is 0 Å². The number of anilines is 1. The van der Waals surface area contributed by atoms with Gasteiger partial charge in [-0.15, -0.1) is 15.3 Å². The molecule has 1 fully saturated rings. The number of hydrogen-bond acceptors (Lipinski definition) is 6. The molecule has 3 heterocycles. The van der Waals surface area contributed by atoms with Crippen LogP contribution in [0.5, 0.6) is 5.75 Å². The molecule has 0 bridgehead atoms. The van der Waals surface area contributed by atoms with Gasteiger partial charge < -0.3 is 9.64 Å². The second-order valence-corrected chi connectivity index (χ2v) is 6.77. The van der Waals surface area contributed by atoms with Crippen molar-refractivity contribution in [3.8, 4) is 5.75 Å². The molecule has 0 atom stereocenters. The summed E-state index contributed by atoms with van der Waals surface area (Å²) in [6.07, 6.45) is -4.65. The van der Waals surface area contributed by atoms with E-state index in [1.54, 1.807) is 18.2 Å². The molecule has 0 radical (unpaired) electrons. The highest BCUT2D eigenvalue weighted by atomic mass is 19.4. The zero-order chi connectivity index (χ0) is 21.3. The first kappa shape index (κ1) is 20.3. The Labute approximate surface area is 167 Å². The van der Waals surface area contributed by atoms with Gasteiger partial charge in [-0.2, -0.15) is 26.5 Å². The quantitative estimate of drug-likeness (QED) is 0.583. The van der Waals surface area contributed by atoms with Crippen LogP contribution in [0.1, 0.15) is 11.4 Å². The summed E-state index contributed by atoms with van der Waals surface area (Å²) < 4.78 is 69.0. The first-order chi connectivity index (χ1) is 14.3. The van der Waals surface area contributed by atoms with Gasteiger partial charge in [-0.05, 0) is 29.8 Å². The van der Waals surface area contributed by atoms with Crippen molar-refractivity contribution in [1.29, 1.82) is 0 Å². The van der Waals surface area contributed by atoms with Crippen molar-refractivity contribution in [2.45, 2.75) is 19.3 Å². The highest BCUT2D eigenvalue weighted by molar-refractivity contribution is 5.46. The molecule has 7 nitrogen and oxygen atoms in total.